The van der Waals surface area contributed by atoms with E-state index in [0.29, 0.717) is 0 Å². The fourth-order valence-electron chi connectivity index (χ4n) is 4.18. The molecule has 1 aromatic heterocycles. The number of H-pyrrole nitrogens is 1. The highest BCUT2D eigenvalue weighted by molar-refractivity contribution is 6.03. The van der Waals surface area contributed by atoms with Crippen molar-refractivity contribution in [2.75, 3.05) is 14.2 Å². The zero-order valence-corrected chi connectivity index (χ0v) is 13.4. The van der Waals surface area contributed by atoms with E-state index >= 15 is 0 Å². The summed E-state index contributed by atoms with van der Waals surface area (Å²) in [6.07, 6.45) is 2.83. The number of fused-ring (bicyclic) bond motifs is 8. The van der Waals surface area contributed by atoms with Crippen LogP contribution in [0.3, 0.4) is 0 Å². The SMILES string of the molecule is COC(=O)c1cc2c(cc1C(=O)OC)C1CC2c2c[nH]c(CO)c21. The van der Waals surface area contributed by atoms with Crippen molar-refractivity contribution in [3.8, 4) is 0 Å². The Morgan fingerprint density at radius 2 is 1.67 bits per heavy atom. The molecule has 0 saturated carbocycles. The molecule has 0 radical (unpaired) electrons. The molecule has 2 aliphatic rings. The number of hydrogen-bond acceptors (Lipinski definition) is 5. The maximum Gasteiger partial charge on any atom is 0.338 e. The third-order valence-corrected chi connectivity index (χ3v) is 5.18. The van der Waals surface area contributed by atoms with Gasteiger partial charge in [0.15, 0.2) is 0 Å². The first-order valence-electron chi connectivity index (χ1n) is 7.76. The summed E-state index contributed by atoms with van der Waals surface area (Å²) in [7, 11) is 2.58. The van der Waals surface area contributed by atoms with Crippen LogP contribution in [0.2, 0.25) is 0 Å². The lowest BCUT2D eigenvalue weighted by Gasteiger charge is -2.19. The molecule has 0 spiro atoms. The minimum absolute atomic E-state index is 0.0437. The second-order valence-corrected chi connectivity index (χ2v) is 6.15. The van der Waals surface area contributed by atoms with Crippen LogP contribution in [0.5, 0.6) is 0 Å². The number of aliphatic hydroxyl groups is 1. The molecule has 2 N–H and O–H groups in total. The van der Waals surface area contributed by atoms with Gasteiger partial charge in [0.1, 0.15) is 0 Å². The molecule has 1 aromatic carbocycles. The predicted molar refractivity (Wildman–Crippen MR) is 84.1 cm³/mol. The molecule has 0 saturated heterocycles. The summed E-state index contributed by atoms with van der Waals surface area (Å²) < 4.78 is 9.63. The van der Waals surface area contributed by atoms with Gasteiger partial charge in [-0.15, -0.1) is 0 Å². The number of nitrogens with one attached hydrogen (secondary N) is 1. The first-order chi connectivity index (χ1) is 11.6. The molecule has 2 bridgehead atoms. The summed E-state index contributed by atoms with van der Waals surface area (Å²) in [6, 6.07) is 3.50. The number of methoxy groups -OCH3 is 2. The van der Waals surface area contributed by atoms with Gasteiger partial charge < -0.3 is 19.6 Å². The van der Waals surface area contributed by atoms with Crippen LogP contribution in [0.15, 0.2) is 18.3 Å². The third kappa shape index (κ3) is 1.80. The lowest BCUT2D eigenvalue weighted by Crippen LogP contribution is -2.15. The Bertz CT molecular complexity index is 867. The molecule has 2 aromatic rings. The number of aromatic amines is 1. The largest absolute Gasteiger partial charge is 0.465 e. The molecule has 6 nitrogen and oxygen atoms in total. The Balaban J connectivity index is 1.90. The lowest BCUT2D eigenvalue weighted by molar-refractivity contribution is 0.0555. The fraction of sp³-hybridized carbons (Fsp3) is 0.333. The Morgan fingerprint density at radius 1 is 1.08 bits per heavy atom. The van der Waals surface area contributed by atoms with Gasteiger partial charge in [-0.25, -0.2) is 9.59 Å². The number of aromatic nitrogens is 1. The third-order valence-electron chi connectivity index (χ3n) is 5.18. The van der Waals surface area contributed by atoms with Crippen LogP contribution in [-0.2, 0) is 16.1 Å². The summed E-state index contributed by atoms with van der Waals surface area (Å²) in [5.41, 5.74) is 5.63. The number of rotatable bonds is 3. The molecule has 0 amide bonds. The Morgan fingerprint density at radius 3 is 2.21 bits per heavy atom. The van der Waals surface area contributed by atoms with E-state index in [1.165, 1.54) is 14.2 Å². The monoisotopic (exact) mass is 327 g/mol. The van der Waals surface area contributed by atoms with Gasteiger partial charge in [-0.2, -0.15) is 0 Å². The molecule has 1 heterocycles. The van der Waals surface area contributed by atoms with Crippen LogP contribution >= 0.6 is 0 Å². The minimum atomic E-state index is -0.558. The van der Waals surface area contributed by atoms with Crippen molar-refractivity contribution in [2.24, 2.45) is 0 Å². The Kier molecular flexibility index (Phi) is 3.25. The van der Waals surface area contributed by atoms with E-state index in [4.69, 9.17) is 9.47 Å². The number of aliphatic hydroxyl groups excluding tert-OH is 1. The van der Waals surface area contributed by atoms with Gasteiger partial charge in [0.25, 0.3) is 0 Å². The van der Waals surface area contributed by atoms with Crippen LogP contribution in [0, 0.1) is 0 Å². The molecule has 4 rings (SSSR count). The van der Waals surface area contributed by atoms with E-state index in [-0.39, 0.29) is 29.6 Å². The fourth-order valence-corrected chi connectivity index (χ4v) is 4.18. The molecule has 0 aliphatic heterocycles. The van der Waals surface area contributed by atoms with Crippen molar-refractivity contribution >= 4 is 11.9 Å². The Labute approximate surface area is 138 Å². The van der Waals surface area contributed by atoms with E-state index < -0.39 is 11.9 Å². The van der Waals surface area contributed by atoms with Crippen LogP contribution in [0.1, 0.15) is 66.9 Å². The normalized spacial score (nSPS) is 19.8. The van der Waals surface area contributed by atoms with E-state index in [0.717, 1.165) is 34.4 Å². The second-order valence-electron chi connectivity index (χ2n) is 6.15. The van der Waals surface area contributed by atoms with Crippen molar-refractivity contribution in [3.63, 3.8) is 0 Å². The van der Waals surface area contributed by atoms with Crippen molar-refractivity contribution in [1.82, 2.24) is 4.98 Å². The van der Waals surface area contributed by atoms with Crippen molar-refractivity contribution in [2.45, 2.75) is 24.9 Å². The van der Waals surface area contributed by atoms with Crippen LogP contribution in [0.4, 0.5) is 0 Å². The average Bonchev–Trinajstić information content (AvgIpc) is 3.29. The summed E-state index contributed by atoms with van der Waals surface area (Å²) in [4.78, 5) is 27.3. The number of hydrogen-bond donors (Lipinski definition) is 2. The molecule has 2 aliphatic carbocycles. The molecule has 2 unspecified atom stereocenters. The predicted octanol–water partition coefficient (Wildman–Crippen LogP) is 2.06. The summed E-state index contributed by atoms with van der Waals surface area (Å²) in [5.74, 6) is -0.806. The standard InChI is InChI=1S/C18H17NO5/c1-23-17(21)12-4-8-9(5-13(12)18(22)24-2)11-3-10(8)14-6-19-15(7-20)16(11)14/h4-6,10-11,19-20H,3,7H2,1-2H3. The van der Waals surface area contributed by atoms with Crippen LogP contribution < -0.4 is 0 Å². The highest BCUT2D eigenvalue weighted by Crippen LogP contribution is 2.57. The highest BCUT2D eigenvalue weighted by atomic mass is 16.5. The zero-order chi connectivity index (χ0) is 17.0. The molecule has 6 heteroatoms. The maximum atomic E-state index is 12.1. The summed E-state index contributed by atoms with van der Waals surface area (Å²) >= 11 is 0. The first kappa shape index (κ1) is 15.0. The van der Waals surface area contributed by atoms with E-state index in [1.807, 2.05) is 6.20 Å². The van der Waals surface area contributed by atoms with Gasteiger partial charge in [0.2, 0.25) is 0 Å². The first-order valence-corrected chi connectivity index (χ1v) is 7.76. The van der Waals surface area contributed by atoms with Crippen molar-refractivity contribution < 1.29 is 24.2 Å². The van der Waals surface area contributed by atoms with Gasteiger partial charge in [0.05, 0.1) is 32.0 Å². The van der Waals surface area contributed by atoms with Gasteiger partial charge in [-0.05, 0) is 40.8 Å². The van der Waals surface area contributed by atoms with Gasteiger partial charge >= 0.3 is 11.9 Å². The number of carbonyl (C=O) groups is 2. The van der Waals surface area contributed by atoms with Crippen LogP contribution in [-0.4, -0.2) is 36.2 Å². The summed E-state index contributed by atoms with van der Waals surface area (Å²) in [5, 5.41) is 9.53. The summed E-state index contributed by atoms with van der Waals surface area (Å²) in [6.45, 7) is -0.0437. The highest BCUT2D eigenvalue weighted by Gasteiger charge is 2.44. The Hall–Kier alpha value is -2.60. The topological polar surface area (TPSA) is 88.6 Å². The molecular formula is C18H17NO5. The van der Waals surface area contributed by atoms with Gasteiger partial charge in [-0.3, -0.25) is 0 Å². The average molecular weight is 327 g/mol. The number of carbonyl (C=O) groups excluding carboxylic acids is 2. The van der Waals surface area contributed by atoms with Crippen molar-refractivity contribution in [3.05, 3.63) is 57.4 Å². The second kappa shape index (κ2) is 5.21. The molecule has 124 valence electrons. The van der Waals surface area contributed by atoms with E-state index in [2.05, 4.69) is 4.98 Å². The lowest BCUT2D eigenvalue weighted by atomic mass is 9.85. The quantitative estimate of drug-likeness (QED) is 0.843. The molecule has 2 atom stereocenters. The number of benzene rings is 1. The molecule has 0 fully saturated rings. The van der Waals surface area contributed by atoms with Crippen molar-refractivity contribution in [1.29, 1.82) is 0 Å². The minimum Gasteiger partial charge on any atom is -0.465 e. The van der Waals surface area contributed by atoms with E-state index in [1.54, 1.807) is 12.1 Å². The van der Waals surface area contributed by atoms with Gasteiger partial charge in [0, 0.05) is 23.7 Å². The van der Waals surface area contributed by atoms with E-state index in [9.17, 15) is 14.7 Å². The number of esters is 2. The molecular weight excluding hydrogens is 310 g/mol. The molecule has 24 heavy (non-hydrogen) atoms. The zero-order valence-electron chi connectivity index (χ0n) is 13.4. The van der Waals surface area contributed by atoms with Crippen LogP contribution in [0.25, 0.3) is 0 Å². The smallest absolute Gasteiger partial charge is 0.338 e. The maximum absolute atomic E-state index is 12.1. The van der Waals surface area contributed by atoms with Gasteiger partial charge in [-0.1, -0.05) is 0 Å². The number of ether oxygens (including phenoxy) is 2.